The van der Waals surface area contributed by atoms with E-state index in [4.69, 9.17) is 9.72 Å². The maximum Gasteiger partial charge on any atom is 0.282 e. The van der Waals surface area contributed by atoms with Crippen LogP contribution in [0.2, 0.25) is 0 Å². The molecule has 0 saturated carbocycles. The lowest BCUT2D eigenvalue weighted by atomic mass is 10.1. The van der Waals surface area contributed by atoms with E-state index < -0.39 is 0 Å². The molecule has 0 aliphatic carbocycles. The molecule has 5 nitrogen and oxygen atoms in total. The molecule has 1 aromatic heterocycles. The molecule has 0 aliphatic heterocycles. The third-order valence-electron chi connectivity index (χ3n) is 5.46. The van der Waals surface area contributed by atoms with Crippen molar-refractivity contribution in [1.29, 1.82) is 0 Å². The third-order valence-corrected chi connectivity index (χ3v) is 7.13. The van der Waals surface area contributed by atoms with E-state index in [-0.39, 0.29) is 11.5 Å². The van der Waals surface area contributed by atoms with Gasteiger partial charge in [-0.15, -0.1) is 0 Å². The summed E-state index contributed by atoms with van der Waals surface area (Å²) in [5.41, 5.74) is 2.36. The second kappa shape index (κ2) is 11.0. The second-order valence-corrected chi connectivity index (χ2v) is 10.5. The van der Waals surface area contributed by atoms with Crippen molar-refractivity contribution in [1.82, 2.24) is 9.66 Å². The fraction of sp³-hybridized carbons (Fsp3) is 0.192. The van der Waals surface area contributed by atoms with E-state index in [1.807, 2.05) is 61.5 Å². The summed E-state index contributed by atoms with van der Waals surface area (Å²) in [5.74, 6) is 1.42. The monoisotopic (exact) mass is 645 g/mol. The maximum absolute atomic E-state index is 13.3. The first-order valence-corrected chi connectivity index (χ1v) is 13.2. The van der Waals surface area contributed by atoms with Gasteiger partial charge in [0.2, 0.25) is 0 Å². The summed E-state index contributed by atoms with van der Waals surface area (Å²) in [5, 5.41) is 5.07. The van der Waals surface area contributed by atoms with E-state index in [1.54, 1.807) is 12.3 Å². The minimum atomic E-state index is -0.196. The lowest BCUT2D eigenvalue weighted by Crippen LogP contribution is -2.23. The van der Waals surface area contributed by atoms with Gasteiger partial charge in [-0.3, -0.25) is 4.79 Å². The van der Waals surface area contributed by atoms with Crippen molar-refractivity contribution >= 4 is 64.9 Å². The quantitative estimate of drug-likeness (QED) is 0.194. The van der Waals surface area contributed by atoms with Gasteiger partial charge in [0.25, 0.3) is 5.56 Å². The van der Waals surface area contributed by atoms with Crippen molar-refractivity contribution in [2.45, 2.75) is 32.8 Å². The zero-order chi connectivity index (χ0) is 24.2. The Morgan fingerprint density at radius 1 is 1.06 bits per heavy atom. The molecule has 4 aromatic rings. The van der Waals surface area contributed by atoms with Gasteiger partial charge in [-0.25, -0.2) is 4.98 Å². The van der Waals surface area contributed by atoms with Crippen LogP contribution in [0.4, 0.5) is 0 Å². The van der Waals surface area contributed by atoms with Gasteiger partial charge < -0.3 is 4.74 Å². The summed E-state index contributed by atoms with van der Waals surface area (Å²) in [4.78, 5) is 18.1. The summed E-state index contributed by atoms with van der Waals surface area (Å²) >= 11 is 10.6. The van der Waals surface area contributed by atoms with E-state index in [9.17, 15) is 4.79 Å². The van der Waals surface area contributed by atoms with E-state index >= 15 is 0 Å². The molecular weight excluding hydrogens is 626 g/mol. The molecular formula is C26H22Br3N3O2. The summed E-state index contributed by atoms with van der Waals surface area (Å²) in [6, 6.07) is 19.3. The third kappa shape index (κ3) is 5.50. The molecule has 174 valence electrons. The van der Waals surface area contributed by atoms with Crippen molar-refractivity contribution in [3.8, 4) is 5.75 Å². The smallest absolute Gasteiger partial charge is 0.282 e. The Morgan fingerprint density at radius 3 is 2.44 bits per heavy atom. The molecule has 0 amide bonds. The van der Waals surface area contributed by atoms with Gasteiger partial charge in [-0.2, -0.15) is 9.78 Å². The van der Waals surface area contributed by atoms with Crippen LogP contribution in [-0.4, -0.2) is 15.9 Å². The summed E-state index contributed by atoms with van der Waals surface area (Å²) in [6.45, 7) is 4.57. The number of hydrogen-bond donors (Lipinski definition) is 0. The zero-order valence-electron chi connectivity index (χ0n) is 18.6. The van der Waals surface area contributed by atoms with E-state index in [0.717, 1.165) is 31.0 Å². The topological polar surface area (TPSA) is 56.5 Å². The van der Waals surface area contributed by atoms with Crippen LogP contribution in [0.3, 0.4) is 0 Å². The average molecular weight is 648 g/mol. The van der Waals surface area contributed by atoms with E-state index in [0.29, 0.717) is 29.1 Å². The first-order chi connectivity index (χ1) is 16.4. The van der Waals surface area contributed by atoms with E-state index in [2.05, 4.69) is 59.8 Å². The number of ether oxygens (including phenoxy) is 1. The maximum atomic E-state index is 13.3. The van der Waals surface area contributed by atoms with Crippen LogP contribution in [0.25, 0.3) is 10.9 Å². The predicted octanol–water partition coefficient (Wildman–Crippen LogP) is 7.66. The van der Waals surface area contributed by atoms with Gasteiger partial charge in [0, 0.05) is 10.4 Å². The molecule has 0 spiro atoms. The van der Waals surface area contributed by atoms with Gasteiger partial charge in [-0.1, -0.05) is 60.1 Å². The number of rotatable bonds is 7. The highest BCUT2D eigenvalue weighted by atomic mass is 79.9. The Morgan fingerprint density at radius 2 is 1.76 bits per heavy atom. The molecule has 34 heavy (non-hydrogen) atoms. The number of hydrogen-bond acceptors (Lipinski definition) is 4. The van der Waals surface area contributed by atoms with Crippen LogP contribution in [0, 0.1) is 0 Å². The van der Waals surface area contributed by atoms with E-state index in [1.165, 1.54) is 4.68 Å². The highest BCUT2D eigenvalue weighted by molar-refractivity contribution is 9.11. The van der Waals surface area contributed by atoms with Crippen LogP contribution in [0.5, 0.6) is 5.75 Å². The molecule has 0 N–H and O–H groups in total. The Hall–Kier alpha value is -2.29. The van der Waals surface area contributed by atoms with Gasteiger partial charge in [0.1, 0.15) is 18.2 Å². The average Bonchev–Trinajstić information content (AvgIpc) is 2.83. The SMILES string of the molecule is CC[C@@H](C)c1nc2ccc(Br)cc2c(=O)n1N=Cc1cc(Br)c(OCc2ccccc2)c(Br)c1. The summed E-state index contributed by atoms with van der Waals surface area (Å²) in [7, 11) is 0. The van der Waals surface area contributed by atoms with Gasteiger partial charge in [-0.05, 0) is 79.7 Å². The number of nitrogens with zero attached hydrogens (tertiary/aromatic N) is 3. The number of benzene rings is 3. The minimum absolute atomic E-state index is 0.0742. The van der Waals surface area contributed by atoms with Crippen LogP contribution in [-0.2, 0) is 6.61 Å². The zero-order valence-corrected chi connectivity index (χ0v) is 23.4. The Kier molecular flexibility index (Phi) is 8.01. The van der Waals surface area contributed by atoms with Crippen LogP contribution in [0.1, 0.15) is 43.1 Å². The molecule has 4 rings (SSSR count). The molecule has 0 unspecified atom stereocenters. The van der Waals surface area contributed by atoms with Gasteiger partial charge in [0.15, 0.2) is 0 Å². The number of aromatic nitrogens is 2. The fourth-order valence-corrected chi connectivity index (χ4v) is 5.24. The largest absolute Gasteiger partial charge is 0.487 e. The molecule has 1 heterocycles. The van der Waals surface area contributed by atoms with Gasteiger partial charge in [0.05, 0.1) is 26.1 Å². The summed E-state index contributed by atoms with van der Waals surface area (Å²) in [6.07, 6.45) is 2.50. The molecule has 3 aromatic carbocycles. The number of halogens is 3. The standard InChI is InChI=1S/C26H22Br3N3O2/c1-3-16(2)25-31-23-10-9-19(27)13-20(23)26(33)32(25)30-14-18-11-21(28)24(22(29)12-18)34-15-17-7-5-4-6-8-17/h4-14,16H,3,15H2,1-2H3/t16-/m1/s1. The summed E-state index contributed by atoms with van der Waals surface area (Å²) < 4.78 is 9.81. The molecule has 8 heteroatoms. The Balaban J connectivity index is 1.68. The molecule has 0 radical (unpaired) electrons. The second-order valence-electron chi connectivity index (χ2n) is 7.89. The highest BCUT2D eigenvalue weighted by Crippen LogP contribution is 2.35. The molecule has 0 aliphatic rings. The van der Waals surface area contributed by atoms with Crippen LogP contribution < -0.4 is 10.3 Å². The minimum Gasteiger partial charge on any atom is -0.487 e. The number of fused-ring (bicyclic) bond motifs is 1. The van der Waals surface area contributed by atoms with Crippen molar-refractivity contribution in [3.63, 3.8) is 0 Å². The lowest BCUT2D eigenvalue weighted by Gasteiger charge is -2.14. The first-order valence-electron chi connectivity index (χ1n) is 10.8. The molecule has 0 bridgehead atoms. The van der Waals surface area contributed by atoms with Crippen molar-refractivity contribution in [3.05, 3.63) is 101 Å². The highest BCUT2D eigenvalue weighted by Gasteiger charge is 2.16. The van der Waals surface area contributed by atoms with Crippen molar-refractivity contribution in [2.24, 2.45) is 5.10 Å². The fourth-order valence-electron chi connectivity index (χ4n) is 3.43. The van der Waals surface area contributed by atoms with Gasteiger partial charge >= 0.3 is 0 Å². The predicted molar refractivity (Wildman–Crippen MR) is 148 cm³/mol. The molecule has 0 fully saturated rings. The lowest BCUT2D eigenvalue weighted by molar-refractivity contribution is 0.302. The molecule has 0 saturated heterocycles. The normalized spacial score (nSPS) is 12.4. The Labute approximate surface area is 223 Å². The Bertz CT molecular complexity index is 1400. The van der Waals surface area contributed by atoms with Crippen LogP contribution >= 0.6 is 47.8 Å². The van der Waals surface area contributed by atoms with Crippen LogP contribution in [0.15, 0.2) is 84.0 Å². The van der Waals surface area contributed by atoms with Crippen molar-refractivity contribution < 1.29 is 4.74 Å². The van der Waals surface area contributed by atoms with Crippen molar-refractivity contribution in [2.75, 3.05) is 0 Å². The first kappa shape index (κ1) is 24.8. The molecule has 1 atom stereocenters.